The second-order valence-corrected chi connectivity index (χ2v) is 9.45. The van der Waals surface area contributed by atoms with Crippen LogP contribution in [0.15, 0.2) is 12.1 Å². The summed E-state index contributed by atoms with van der Waals surface area (Å²) < 4.78 is 5.93. The van der Waals surface area contributed by atoms with E-state index in [1.54, 1.807) is 0 Å². The largest absolute Gasteiger partial charge is 0.490 e. The van der Waals surface area contributed by atoms with E-state index in [0.717, 1.165) is 16.9 Å². The smallest absolute Gasteiger partial charge is 0.137 e. The van der Waals surface area contributed by atoms with Gasteiger partial charge in [-0.2, -0.15) is 0 Å². The third kappa shape index (κ3) is 5.98. The molecule has 1 fully saturated rings. The molecule has 1 atom stereocenters. The van der Waals surface area contributed by atoms with Gasteiger partial charge in [0.05, 0.1) is 30.0 Å². The Labute approximate surface area is 153 Å². The number of hydrogen-bond donors (Lipinski definition) is 3. The number of benzene rings is 1. The first-order valence-corrected chi connectivity index (χ1v) is 9.56. The molecule has 0 saturated carbocycles. The van der Waals surface area contributed by atoms with Crippen LogP contribution in [-0.2, 0) is 0 Å². The molecule has 1 heterocycles. The van der Waals surface area contributed by atoms with Crippen molar-refractivity contribution in [3.05, 3.63) is 28.8 Å². The molecule has 1 saturated heterocycles. The Morgan fingerprint density at radius 2 is 1.64 bits per heavy atom. The highest BCUT2D eigenvalue weighted by atomic mass is 16.5. The summed E-state index contributed by atoms with van der Waals surface area (Å²) >= 11 is 0. The molecule has 2 rings (SSSR count). The van der Waals surface area contributed by atoms with Crippen molar-refractivity contribution >= 4 is 0 Å². The van der Waals surface area contributed by atoms with Crippen molar-refractivity contribution in [1.29, 1.82) is 0 Å². The number of aliphatic hydroxyl groups is 1. The standard InChI is InChI=1S/C21H36N2O2/c1-14-8-15(2)19(16(3)9-14)25-13-18(24)12-22-17-10-20(4,5)23-21(6,7)11-17/h8-9,17-18,22-24H,10-13H2,1-7H3/p+2/t18-/m1/s1. The molecule has 4 nitrogen and oxygen atoms in total. The maximum atomic E-state index is 10.4. The van der Waals surface area contributed by atoms with Crippen LogP contribution in [0.1, 0.15) is 57.2 Å². The molecule has 0 bridgehead atoms. The molecule has 0 spiro atoms. The molecule has 0 radical (unpaired) electrons. The number of piperidine rings is 1. The lowest BCUT2D eigenvalue weighted by molar-refractivity contribution is -0.814. The highest BCUT2D eigenvalue weighted by Gasteiger charge is 2.43. The minimum absolute atomic E-state index is 0.264. The summed E-state index contributed by atoms with van der Waals surface area (Å²) in [7, 11) is 0. The lowest BCUT2D eigenvalue weighted by Gasteiger charge is -2.41. The van der Waals surface area contributed by atoms with E-state index in [1.165, 1.54) is 18.4 Å². The molecule has 1 aliphatic rings. The number of ether oxygens (including phenoxy) is 1. The summed E-state index contributed by atoms with van der Waals surface area (Å²) in [5.41, 5.74) is 4.05. The van der Waals surface area contributed by atoms with Gasteiger partial charge in [-0.05, 0) is 59.6 Å². The molecule has 142 valence electrons. The van der Waals surface area contributed by atoms with Gasteiger partial charge in [0.15, 0.2) is 0 Å². The van der Waals surface area contributed by atoms with Gasteiger partial charge in [-0.1, -0.05) is 17.7 Å². The van der Waals surface area contributed by atoms with Gasteiger partial charge in [0.25, 0.3) is 0 Å². The number of rotatable bonds is 6. The Morgan fingerprint density at radius 3 is 2.16 bits per heavy atom. The van der Waals surface area contributed by atoms with Crippen molar-refractivity contribution in [2.75, 3.05) is 13.2 Å². The first-order chi connectivity index (χ1) is 11.5. The van der Waals surface area contributed by atoms with Crippen molar-refractivity contribution in [3.63, 3.8) is 0 Å². The number of aryl methyl sites for hydroxylation is 3. The molecule has 0 amide bonds. The molecule has 1 aromatic carbocycles. The van der Waals surface area contributed by atoms with Crippen LogP contribution in [0.25, 0.3) is 0 Å². The Kier molecular flexibility index (Phi) is 6.18. The van der Waals surface area contributed by atoms with Crippen molar-refractivity contribution in [2.45, 2.75) is 84.5 Å². The molecule has 1 aromatic rings. The Morgan fingerprint density at radius 1 is 1.12 bits per heavy atom. The monoisotopic (exact) mass is 350 g/mol. The summed E-state index contributed by atoms with van der Waals surface area (Å²) in [5.74, 6) is 0.916. The third-order valence-electron chi connectivity index (χ3n) is 5.12. The predicted octanol–water partition coefficient (Wildman–Crippen LogP) is 1.20. The van der Waals surface area contributed by atoms with E-state index in [-0.39, 0.29) is 11.1 Å². The van der Waals surface area contributed by atoms with Gasteiger partial charge in [0.1, 0.15) is 25.0 Å². The summed E-state index contributed by atoms with van der Waals surface area (Å²) in [6, 6.07) is 4.82. The number of nitrogens with two attached hydrogens (primary N) is 2. The van der Waals surface area contributed by atoms with E-state index < -0.39 is 6.10 Å². The minimum Gasteiger partial charge on any atom is -0.490 e. The van der Waals surface area contributed by atoms with Gasteiger partial charge in [0, 0.05) is 0 Å². The van der Waals surface area contributed by atoms with Crippen LogP contribution in [0.3, 0.4) is 0 Å². The fourth-order valence-corrected chi connectivity index (χ4v) is 4.76. The predicted molar refractivity (Wildman–Crippen MR) is 102 cm³/mol. The van der Waals surface area contributed by atoms with Gasteiger partial charge in [-0.15, -0.1) is 0 Å². The fraction of sp³-hybridized carbons (Fsp3) is 0.714. The molecule has 5 N–H and O–H groups in total. The van der Waals surface area contributed by atoms with Crippen LogP contribution in [0.5, 0.6) is 5.75 Å². The van der Waals surface area contributed by atoms with E-state index in [2.05, 4.69) is 71.2 Å². The topological polar surface area (TPSA) is 62.7 Å². The zero-order valence-corrected chi connectivity index (χ0v) is 17.1. The zero-order valence-electron chi connectivity index (χ0n) is 17.1. The van der Waals surface area contributed by atoms with Crippen LogP contribution in [0.2, 0.25) is 0 Å². The van der Waals surface area contributed by atoms with E-state index in [4.69, 9.17) is 4.74 Å². The molecular weight excluding hydrogens is 312 g/mol. The van der Waals surface area contributed by atoms with Crippen molar-refractivity contribution in [3.8, 4) is 5.75 Å². The maximum Gasteiger partial charge on any atom is 0.137 e. The summed E-state index contributed by atoms with van der Waals surface area (Å²) in [5, 5.41) is 15.2. The molecule has 0 aliphatic carbocycles. The second kappa shape index (κ2) is 7.65. The van der Waals surface area contributed by atoms with Gasteiger partial charge < -0.3 is 20.5 Å². The van der Waals surface area contributed by atoms with Crippen LogP contribution >= 0.6 is 0 Å². The molecular formula is C21H38N2O2+2. The molecule has 1 aliphatic heterocycles. The minimum atomic E-state index is -0.447. The number of aliphatic hydroxyl groups excluding tert-OH is 1. The fourth-order valence-electron chi connectivity index (χ4n) is 4.76. The quantitative estimate of drug-likeness (QED) is 0.722. The van der Waals surface area contributed by atoms with Gasteiger partial charge >= 0.3 is 0 Å². The van der Waals surface area contributed by atoms with Gasteiger partial charge in [-0.25, -0.2) is 0 Å². The van der Waals surface area contributed by atoms with Crippen molar-refractivity contribution < 1.29 is 20.5 Å². The van der Waals surface area contributed by atoms with E-state index in [1.807, 2.05) is 0 Å². The first-order valence-electron chi connectivity index (χ1n) is 9.56. The van der Waals surface area contributed by atoms with E-state index in [9.17, 15) is 5.11 Å². The molecule has 0 unspecified atom stereocenters. The highest BCUT2D eigenvalue weighted by molar-refractivity contribution is 5.42. The van der Waals surface area contributed by atoms with Crippen molar-refractivity contribution in [2.24, 2.45) is 0 Å². The first kappa shape index (κ1) is 20.2. The second-order valence-electron chi connectivity index (χ2n) is 9.45. The van der Waals surface area contributed by atoms with Crippen molar-refractivity contribution in [1.82, 2.24) is 0 Å². The SMILES string of the molecule is Cc1cc(C)c(OC[C@H](O)C[NH2+]C2CC(C)(C)[NH2+]C(C)(C)C2)c(C)c1. The average Bonchev–Trinajstić information content (AvgIpc) is 2.40. The Hall–Kier alpha value is -1.10. The van der Waals surface area contributed by atoms with Crippen LogP contribution < -0.4 is 15.4 Å². The van der Waals surface area contributed by atoms with Gasteiger partial charge in [-0.3, -0.25) is 0 Å². The zero-order chi connectivity index (χ0) is 18.8. The molecule has 0 aromatic heterocycles. The maximum absolute atomic E-state index is 10.4. The van der Waals surface area contributed by atoms with Crippen LogP contribution in [0, 0.1) is 20.8 Å². The van der Waals surface area contributed by atoms with E-state index >= 15 is 0 Å². The highest BCUT2D eigenvalue weighted by Crippen LogP contribution is 2.24. The lowest BCUT2D eigenvalue weighted by Crippen LogP contribution is -3.09. The Bertz CT molecular complexity index is 557. The average molecular weight is 351 g/mol. The summed E-state index contributed by atoms with van der Waals surface area (Å²) in [4.78, 5) is 0. The summed E-state index contributed by atoms with van der Waals surface area (Å²) in [6.07, 6.45) is 1.89. The van der Waals surface area contributed by atoms with Crippen LogP contribution in [-0.4, -0.2) is 41.5 Å². The summed E-state index contributed by atoms with van der Waals surface area (Å²) in [6.45, 7) is 16.5. The van der Waals surface area contributed by atoms with E-state index in [0.29, 0.717) is 19.2 Å². The lowest BCUT2D eigenvalue weighted by atomic mass is 9.79. The third-order valence-corrected chi connectivity index (χ3v) is 5.12. The number of quaternary nitrogens is 2. The normalized spacial score (nSPS) is 21.1. The van der Waals surface area contributed by atoms with Gasteiger partial charge in [0.2, 0.25) is 0 Å². The molecule has 4 heteroatoms. The number of hydrogen-bond acceptors (Lipinski definition) is 2. The Balaban J connectivity index is 1.84. The molecule has 25 heavy (non-hydrogen) atoms. The van der Waals surface area contributed by atoms with Crippen LogP contribution in [0.4, 0.5) is 0 Å².